The molecule has 11 heteroatoms. The summed E-state index contributed by atoms with van der Waals surface area (Å²) in [5.41, 5.74) is -1.14. The third kappa shape index (κ3) is 4.54. The van der Waals surface area contributed by atoms with Gasteiger partial charge in [0.05, 0.1) is 22.8 Å². The monoisotopic (exact) mass is 426 g/mol. The molecule has 2 N–H and O–H groups in total. The lowest BCUT2D eigenvalue weighted by Gasteiger charge is -2.11. The normalized spacial score (nSPS) is 11.6. The highest BCUT2D eigenvalue weighted by atomic mass is 35.5. The summed E-state index contributed by atoms with van der Waals surface area (Å²) in [6, 6.07) is 3.40. The van der Waals surface area contributed by atoms with Gasteiger partial charge in [-0.2, -0.15) is 13.2 Å². The molecule has 0 fully saturated rings. The first kappa shape index (κ1) is 20.7. The number of aliphatic hydroxyl groups excluding tert-OH is 1. The molecule has 1 aromatic carbocycles. The molecule has 1 amide bonds. The van der Waals surface area contributed by atoms with Crippen molar-refractivity contribution in [1.82, 2.24) is 19.7 Å². The quantitative estimate of drug-likeness (QED) is 0.651. The number of nitrogens with one attached hydrogen (secondary N) is 1. The topological polar surface area (TPSA) is 96.6 Å². The number of carbonyl (C=O) groups excluding carboxylic acids is 1. The van der Waals surface area contributed by atoms with Gasteiger partial charge in [-0.05, 0) is 17.7 Å². The number of aromatic nitrogens is 3. The summed E-state index contributed by atoms with van der Waals surface area (Å²) >= 11 is 5.62. The van der Waals surface area contributed by atoms with Crippen LogP contribution in [-0.4, -0.2) is 38.5 Å². The molecule has 0 radical (unpaired) electrons. The molecule has 3 aromatic rings. The predicted molar refractivity (Wildman–Crippen MR) is 97.9 cm³/mol. The van der Waals surface area contributed by atoms with Crippen molar-refractivity contribution in [2.45, 2.75) is 12.6 Å². The number of amides is 1. The van der Waals surface area contributed by atoms with Crippen molar-refractivity contribution in [3.8, 4) is 0 Å². The number of benzene rings is 1. The average Bonchev–Trinajstić information content (AvgIpc) is 2.68. The molecule has 2 aromatic heterocycles. The molecule has 7 nitrogen and oxygen atoms in total. The Hall–Kier alpha value is -2.98. The maximum atomic E-state index is 13.0. The molecule has 0 unspecified atom stereocenters. The van der Waals surface area contributed by atoms with E-state index in [9.17, 15) is 22.8 Å². The first-order valence-electron chi connectivity index (χ1n) is 8.31. The second kappa shape index (κ2) is 8.18. The predicted octanol–water partition coefficient (Wildman–Crippen LogP) is 2.07. The summed E-state index contributed by atoms with van der Waals surface area (Å²) in [5, 5.41) is 10.8. The minimum Gasteiger partial charge on any atom is -0.395 e. The van der Waals surface area contributed by atoms with Gasteiger partial charge in [0.25, 0.3) is 11.5 Å². The van der Waals surface area contributed by atoms with Gasteiger partial charge in [-0.15, -0.1) is 0 Å². The zero-order valence-corrected chi connectivity index (χ0v) is 15.5. The van der Waals surface area contributed by atoms with Crippen molar-refractivity contribution < 1.29 is 23.1 Å². The first-order valence-corrected chi connectivity index (χ1v) is 8.69. The molecule has 0 aliphatic heterocycles. The Bertz CT molecular complexity index is 1130. The molecule has 29 heavy (non-hydrogen) atoms. The number of halogens is 4. The largest absolute Gasteiger partial charge is 0.417 e. The number of aliphatic hydroxyl groups is 1. The highest BCUT2D eigenvalue weighted by molar-refractivity contribution is 6.31. The van der Waals surface area contributed by atoms with E-state index in [1.165, 1.54) is 24.7 Å². The van der Waals surface area contributed by atoms with Crippen LogP contribution < -0.4 is 10.9 Å². The number of nitrogens with zero attached hydrogens (tertiary/aromatic N) is 3. The van der Waals surface area contributed by atoms with Crippen LogP contribution in [0.5, 0.6) is 0 Å². The molecule has 0 aliphatic rings. The summed E-state index contributed by atoms with van der Waals surface area (Å²) in [4.78, 5) is 32.7. The van der Waals surface area contributed by atoms with Crippen molar-refractivity contribution in [1.29, 1.82) is 0 Å². The van der Waals surface area contributed by atoms with Crippen molar-refractivity contribution in [3.05, 3.63) is 74.4 Å². The Balaban J connectivity index is 1.98. The van der Waals surface area contributed by atoms with Gasteiger partial charge in [0.1, 0.15) is 0 Å². The van der Waals surface area contributed by atoms with Gasteiger partial charge in [-0.3, -0.25) is 14.0 Å². The first-order chi connectivity index (χ1) is 13.7. The van der Waals surface area contributed by atoms with Crippen LogP contribution in [0.2, 0.25) is 5.02 Å². The van der Waals surface area contributed by atoms with E-state index in [-0.39, 0.29) is 42.0 Å². The van der Waals surface area contributed by atoms with Gasteiger partial charge >= 0.3 is 6.18 Å². The van der Waals surface area contributed by atoms with E-state index >= 15 is 0 Å². The zero-order valence-electron chi connectivity index (χ0n) is 14.7. The molecule has 0 bridgehead atoms. The SMILES string of the molecule is O=C(NCCO)c1cnc2ncc(Cc3ccc(Cl)c(C(F)(F)F)c3)c(=O)n2c1. The third-order valence-electron chi connectivity index (χ3n) is 4.02. The maximum absolute atomic E-state index is 13.0. The summed E-state index contributed by atoms with van der Waals surface area (Å²) in [6.45, 7) is -0.221. The van der Waals surface area contributed by atoms with E-state index in [2.05, 4.69) is 15.3 Å². The third-order valence-corrected chi connectivity index (χ3v) is 4.35. The summed E-state index contributed by atoms with van der Waals surface area (Å²) in [5.74, 6) is -0.511. The van der Waals surface area contributed by atoms with Crippen molar-refractivity contribution in [2.75, 3.05) is 13.2 Å². The Kier molecular flexibility index (Phi) is 5.85. The molecule has 0 atom stereocenters. The summed E-state index contributed by atoms with van der Waals surface area (Å²) in [6.07, 6.45) is -1.04. The van der Waals surface area contributed by atoms with Crippen LogP contribution in [0.4, 0.5) is 13.2 Å². The van der Waals surface area contributed by atoms with E-state index in [0.29, 0.717) is 0 Å². The number of alkyl halides is 3. The Morgan fingerprint density at radius 1 is 1.24 bits per heavy atom. The van der Waals surface area contributed by atoms with Crippen molar-refractivity contribution >= 4 is 23.3 Å². The van der Waals surface area contributed by atoms with E-state index in [1.54, 1.807) is 0 Å². The number of carbonyl (C=O) groups is 1. The van der Waals surface area contributed by atoms with E-state index in [1.807, 2.05) is 0 Å². The number of hydrogen-bond acceptors (Lipinski definition) is 5. The molecule has 152 valence electrons. The average molecular weight is 427 g/mol. The lowest BCUT2D eigenvalue weighted by atomic mass is 10.0. The fourth-order valence-corrected chi connectivity index (χ4v) is 2.86. The van der Waals surface area contributed by atoms with Gasteiger partial charge in [0.2, 0.25) is 5.78 Å². The summed E-state index contributed by atoms with van der Waals surface area (Å²) in [7, 11) is 0. The molecule has 0 spiro atoms. The lowest BCUT2D eigenvalue weighted by molar-refractivity contribution is -0.137. The fraction of sp³-hybridized carbons (Fsp3) is 0.222. The minimum absolute atomic E-state index is 0.0299. The van der Waals surface area contributed by atoms with E-state index in [4.69, 9.17) is 16.7 Å². The van der Waals surface area contributed by atoms with Crippen LogP contribution in [0, 0.1) is 0 Å². The van der Waals surface area contributed by atoms with Crippen LogP contribution in [-0.2, 0) is 12.6 Å². The Labute approximate surface area is 166 Å². The second-order valence-corrected chi connectivity index (χ2v) is 6.48. The van der Waals surface area contributed by atoms with E-state index in [0.717, 1.165) is 16.5 Å². The lowest BCUT2D eigenvalue weighted by Crippen LogP contribution is -2.28. The van der Waals surface area contributed by atoms with Crippen LogP contribution in [0.3, 0.4) is 0 Å². The molecule has 0 saturated heterocycles. The van der Waals surface area contributed by atoms with Crippen LogP contribution in [0.15, 0.2) is 41.6 Å². The van der Waals surface area contributed by atoms with Gasteiger partial charge < -0.3 is 10.4 Å². The van der Waals surface area contributed by atoms with Crippen LogP contribution in [0.1, 0.15) is 27.0 Å². The van der Waals surface area contributed by atoms with Gasteiger partial charge in [-0.25, -0.2) is 9.97 Å². The van der Waals surface area contributed by atoms with Crippen molar-refractivity contribution in [3.63, 3.8) is 0 Å². The van der Waals surface area contributed by atoms with Gasteiger partial charge in [0.15, 0.2) is 0 Å². The number of fused-ring (bicyclic) bond motifs is 1. The molecule has 3 rings (SSSR count). The Morgan fingerprint density at radius 3 is 2.66 bits per heavy atom. The molecular formula is C18H14ClF3N4O3. The fourth-order valence-electron chi connectivity index (χ4n) is 2.64. The minimum atomic E-state index is -4.62. The van der Waals surface area contributed by atoms with Crippen molar-refractivity contribution in [2.24, 2.45) is 0 Å². The summed E-state index contributed by atoms with van der Waals surface area (Å²) < 4.78 is 40.2. The van der Waals surface area contributed by atoms with E-state index < -0.39 is 28.2 Å². The standard InChI is InChI=1S/C18H14ClF3N4O3/c19-14-2-1-10(6-13(14)18(20,21)22)5-11-7-24-17-25-8-12(9-26(17)16(11)29)15(28)23-3-4-27/h1-2,6-9,27H,3-5H2,(H,23,28). The maximum Gasteiger partial charge on any atom is 0.417 e. The number of hydrogen-bond donors (Lipinski definition) is 2. The number of rotatable bonds is 5. The second-order valence-electron chi connectivity index (χ2n) is 6.07. The molecule has 0 saturated carbocycles. The zero-order chi connectivity index (χ0) is 21.2. The smallest absolute Gasteiger partial charge is 0.395 e. The van der Waals surface area contributed by atoms with Gasteiger partial charge in [0, 0.05) is 37.1 Å². The molecule has 2 heterocycles. The highest BCUT2D eigenvalue weighted by Gasteiger charge is 2.33. The van der Waals surface area contributed by atoms with Crippen LogP contribution >= 0.6 is 11.6 Å². The van der Waals surface area contributed by atoms with Gasteiger partial charge in [-0.1, -0.05) is 17.7 Å². The molecule has 0 aliphatic carbocycles. The molecular weight excluding hydrogens is 413 g/mol. The highest BCUT2D eigenvalue weighted by Crippen LogP contribution is 2.35. The Morgan fingerprint density at radius 2 is 1.97 bits per heavy atom. The van der Waals surface area contributed by atoms with Crippen LogP contribution in [0.25, 0.3) is 5.78 Å².